The van der Waals surface area contributed by atoms with Gasteiger partial charge in [0.25, 0.3) is 5.91 Å². The lowest BCUT2D eigenvalue weighted by Crippen LogP contribution is -2.51. The topological polar surface area (TPSA) is 49.9 Å². The van der Waals surface area contributed by atoms with E-state index in [1.807, 2.05) is 4.90 Å². The van der Waals surface area contributed by atoms with Crippen LogP contribution in [0.15, 0.2) is 24.3 Å². The summed E-state index contributed by atoms with van der Waals surface area (Å²) in [5.74, 6) is 0.128. The zero-order valence-electron chi connectivity index (χ0n) is 14.0. The highest BCUT2D eigenvalue weighted by Gasteiger charge is 2.49. The largest absolute Gasteiger partial charge is 0.383 e. The van der Waals surface area contributed by atoms with Crippen LogP contribution in [0.25, 0.3) is 0 Å². The maximum absolute atomic E-state index is 12.9. The molecule has 0 saturated carbocycles. The van der Waals surface area contributed by atoms with E-state index >= 15 is 0 Å². The van der Waals surface area contributed by atoms with Crippen LogP contribution in [0.4, 0.5) is 0 Å². The van der Waals surface area contributed by atoms with Crippen LogP contribution in [0.2, 0.25) is 5.02 Å². The Balaban J connectivity index is 1.71. The third kappa shape index (κ3) is 3.28. The molecule has 0 bridgehead atoms. The second kappa shape index (κ2) is 7.11. The molecule has 0 N–H and O–H groups in total. The van der Waals surface area contributed by atoms with E-state index in [-0.39, 0.29) is 11.8 Å². The second-order valence-electron chi connectivity index (χ2n) is 6.66. The smallest absolute Gasteiger partial charge is 0.253 e. The third-order valence-electron chi connectivity index (χ3n) is 5.10. The third-order valence-corrected chi connectivity index (χ3v) is 5.34. The van der Waals surface area contributed by atoms with Crippen molar-refractivity contribution in [2.75, 3.05) is 39.9 Å². The molecule has 5 nitrogen and oxygen atoms in total. The van der Waals surface area contributed by atoms with E-state index in [0.717, 1.165) is 25.8 Å². The van der Waals surface area contributed by atoms with Gasteiger partial charge in [-0.1, -0.05) is 17.7 Å². The zero-order valence-corrected chi connectivity index (χ0v) is 14.7. The number of benzene rings is 1. The van der Waals surface area contributed by atoms with Gasteiger partial charge in [0, 0.05) is 43.9 Å². The van der Waals surface area contributed by atoms with Crippen molar-refractivity contribution in [3.05, 3.63) is 34.9 Å². The molecule has 3 rings (SSSR count). The van der Waals surface area contributed by atoms with Crippen LogP contribution in [0.5, 0.6) is 0 Å². The summed E-state index contributed by atoms with van der Waals surface area (Å²) in [5.41, 5.74) is 0.166. The molecule has 1 aromatic carbocycles. The van der Waals surface area contributed by atoms with Gasteiger partial charge in [-0.25, -0.2) is 0 Å². The van der Waals surface area contributed by atoms with Gasteiger partial charge < -0.3 is 14.5 Å². The lowest BCUT2D eigenvalue weighted by atomic mass is 9.78. The van der Waals surface area contributed by atoms with Crippen LogP contribution in [0.3, 0.4) is 0 Å². The molecule has 0 unspecified atom stereocenters. The van der Waals surface area contributed by atoms with E-state index in [9.17, 15) is 9.59 Å². The second-order valence-corrected chi connectivity index (χ2v) is 7.09. The molecule has 2 amide bonds. The van der Waals surface area contributed by atoms with Crippen LogP contribution < -0.4 is 0 Å². The number of hydrogen-bond acceptors (Lipinski definition) is 3. The van der Waals surface area contributed by atoms with Gasteiger partial charge in [-0.2, -0.15) is 0 Å². The Morgan fingerprint density at radius 2 is 2.17 bits per heavy atom. The first-order chi connectivity index (χ1) is 11.6. The predicted molar refractivity (Wildman–Crippen MR) is 92.1 cm³/mol. The molecule has 0 aliphatic carbocycles. The normalized spacial score (nSPS) is 24.0. The molecule has 6 heteroatoms. The minimum Gasteiger partial charge on any atom is -0.383 e. The lowest BCUT2D eigenvalue weighted by Gasteiger charge is -2.39. The van der Waals surface area contributed by atoms with Crippen molar-refractivity contribution < 1.29 is 14.3 Å². The van der Waals surface area contributed by atoms with Crippen LogP contribution in [-0.2, 0) is 9.53 Å². The highest BCUT2D eigenvalue weighted by atomic mass is 35.5. The number of piperidine rings is 1. The number of hydrogen-bond donors (Lipinski definition) is 0. The molecule has 0 radical (unpaired) electrons. The molecule has 130 valence electrons. The minimum absolute atomic E-state index is 0.0452. The van der Waals surface area contributed by atoms with Crippen molar-refractivity contribution in [3.63, 3.8) is 0 Å². The maximum atomic E-state index is 12.9. The van der Waals surface area contributed by atoms with Gasteiger partial charge in [0.05, 0.1) is 12.0 Å². The number of amides is 2. The molecule has 0 aromatic heterocycles. The number of ether oxygens (including phenoxy) is 1. The highest BCUT2D eigenvalue weighted by molar-refractivity contribution is 6.30. The number of halogens is 1. The Labute approximate surface area is 147 Å². The van der Waals surface area contributed by atoms with E-state index in [1.54, 1.807) is 36.3 Å². The summed E-state index contributed by atoms with van der Waals surface area (Å²) in [4.78, 5) is 29.3. The van der Waals surface area contributed by atoms with E-state index in [0.29, 0.717) is 36.8 Å². The summed E-state index contributed by atoms with van der Waals surface area (Å²) in [6.45, 7) is 3.08. The van der Waals surface area contributed by atoms with Crippen LogP contribution in [0.1, 0.15) is 29.6 Å². The van der Waals surface area contributed by atoms with Crippen molar-refractivity contribution in [1.82, 2.24) is 9.80 Å². The molecule has 2 fully saturated rings. The molecule has 2 saturated heterocycles. The fourth-order valence-electron chi connectivity index (χ4n) is 3.80. The SMILES string of the molecule is COCCN1CCC[C@]2(CCN(C(=O)c3cccc(Cl)c3)C2)C1=O. The first-order valence-electron chi connectivity index (χ1n) is 8.39. The van der Waals surface area contributed by atoms with Gasteiger partial charge in [0.15, 0.2) is 0 Å². The molecular formula is C18H23ClN2O3. The summed E-state index contributed by atoms with van der Waals surface area (Å²) < 4.78 is 5.10. The molecule has 2 heterocycles. The van der Waals surface area contributed by atoms with Crippen molar-refractivity contribution in [3.8, 4) is 0 Å². The van der Waals surface area contributed by atoms with Crippen LogP contribution >= 0.6 is 11.6 Å². The standard InChI is InChI=1S/C18H23ClN2O3/c1-24-11-10-20-8-3-6-18(17(20)23)7-9-21(13-18)16(22)14-4-2-5-15(19)12-14/h2,4-5,12H,3,6-11,13H2,1H3/t18-/m1/s1. The Bertz CT molecular complexity index is 636. The summed E-state index contributed by atoms with van der Waals surface area (Å²) in [7, 11) is 1.64. The number of rotatable bonds is 4. The number of nitrogens with zero attached hydrogens (tertiary/aromatic N) is 2. The lowest BCUT2D eigenvalue weighted by molar-refractivity contribution is -0.146. The first-order valence-corrected chi connectivity index (χ1v) is 8.77. The fraction of sp³-hybridized carbons (Fsp3) is 0.556. The molecular weight excluding hydrogens is 328 g/mol. The van der Waals surface area contributed by atoms with E-state index in [2.05, 4.69) is 0 Å². The molecule has 2 aliphatic heterocycles. The van der Waals surface area contributed by atoms with Gasteiger partial charge in [0.2, 0.25) is 5.91 Å². The average molecular weight is 351 g/mol. The van der Waals surface area contributed by atoms with Gasteiger partial charge in [-0.15, -0.1) is 0 Å². The van der Waals surface area contributed by atoms with Gasteiger partial charge in [-0.05, 0) is 37.5 Å². The molecule has 2 aliphatic rings. The Hall–Kier alpha value is -1.59. The number of carbonyl (C=O) groups excluding carboxylic acids is 2. The van der Waals surface area contributed by atoms with Gasteiger partial charge in [0.1, 0.15) is 0 Å². The Kier molecular flexibility index (Phi) is 5.11. The number of methoxy groups -OCH3 is 1. The summed E-state index contributed by atoms with van der Waals surface area (Å²) in [6.07, 6.45) is 2.57. The van der Waals surface area contributed by atoms with Crippen LogP contribution in [-0.4, -0.2) is 61.5 Å². The fourth-order valence-corrected chi connectivity index (χ4v) is 3.99. The van der Waals surface area contributed by atoms with E-state index < -0.39 is 5.41 Å². The van der Waals surface area contributed by atoms with Crippen molar-refractivity contribution in [2.24, 2.45) is 5.41 Å². The van der Waals surface area contributed by atoms with E-state index in [4.69, 9.17) is 16.3 Å². The zero-order chi connectivity index (χ0) is 17.2. The number of carbonyl (C=O) groups is 2. The maximum Gasteiger partial charge on any atom is 0.253 e. The van der Waals surface area contributed by atoms with Gasteiger partial charge >= 0.3 is 0 Å². The summed E-state index contributed by atoms with van der Waals surface area (Å²) >= 11 is 5.99. The first kappa shape index (κ1) is 17.2. The van der Waals surface area contributed by atoms with Crippen LogP contribution in [0, 0.1) is 5.41 Å². The van der Waals surface area contributed by atoms with Crippen molar-refractivity contribution in [1.29, 1.82) is 0 Å². The molecule has 24 heavy (non-hydrogen) atoms. The monoisotopic (exact) mass is 350 g/mol. The number of likely N-dealkylation sites (tertiary alicyclic amines) is 2. The summed E-state index contributed by atoms with van der Waals surface area (Å²) in [6, 6.07) is 6.98. The minimum atomic E-state index is -0.416. The Morgan fingerprint density at radius 3 is 2.92 bits per heavy atom. The van der Waals surface area contributed by atoms with E-state index in [1.165, 1.54) is 0 Å². The summed E-state index contributed by atoms with van der Waals surface area (Å²) in [5, 5.41) is 0.550. The average Bonchev–Trinajstić information content (AvgIpc) is 3.01. The molecule has 1 aromatic rings. The van der Waals surface area contributed by atoms with Crippen molar-refractivity contribution >= 4 is 23.4 Å². The van der Waals surface area contributed by atoms with Crippen molar-refractivity contribution in [2.45, 2.75) is 19.3 Å². The van der Waals surface area contributed by atoms with Gasteiger partial charge in [-0.3, -0.25) is 9.59 Å². The predicted octanol–water partition coefficient (Wildman–Crippen LogP) is 2.44. The molecule has 1 spiro atoms. The highest BCUT2D eigenvalue weighted by Crippen LogP contribution is 2.40. The Morgan fingerprint density at radius 1 is 1.33 bits per heavy atom. The quantitative estimate of drug-likeness (QED) is 0.838. The molecule has 1 atom stereocenters.